The quantitative estimate of drug-likeness (QED) is 0.280. The highest BCUT2D eigenvalue weighted by atomic mass is 32.2. The van der Waals surface area contributed by atoms with Gasteiger partial charge in [-0.25, -0.2) is 4.98 Å². The highest BCUT2D eigenvalue weighted by Crippen LogP contribution is 2.21. The largest absolute Gasteiger partial charge is 0.440 e. The summed E-state index contributed by atoms with van der Waals surface area (Å²) in [4.78, 5) is 8.06. The Labute approximate surface area is 102 Å². The molecule has 2 rings (SSSR count). The Hall–Kier alpha value is -2.02. The molecule has 7 heteroatoms. The normalized spacial score (nSPS) is 11.6. The van der Waals surface area contributed by atoms with E-state index in [4.69, 9.17) is 15.4 Å². The van der Waals surface area contributed by atoms with Crippen LogP contribution in [0.1, 0.15) is 11.3 Å². The molecule has 2 aromatic rings. The summed E-state index contributed by atoms with van der Waals surface area (Å²) in [5, 5.41) is 12.2. The maximum atomic E-state index is 8.65. The van der Waals surface area contributed by atoms with Crippen LogP contribution in [-0.2, 0) is 5.75 Å². The minimum absolute atomic E-state index is 0.00592. The van der Waals surface area contributed by atoms with Gasteiger partial charge in [0.15, 0.2) is 5.84 Å². The van der Waals surface area contributed by atoms with Crippen LogP contribution in [0, 0.1) is 0 Å². The van der Waals surface area contributed by atoms with E-state index in [1.165, 1.54) is 18.0 Å². The van der Waals surface area contributed by atoms with Crippen molar-refractivity contribution in [2.45, 2.75) is 11.0 Å². The Balaban J connectivity index is 2.15. The lowest BCUT2D eigenvalue weighted by Gasteiger charge is -2.04. The number of pyridine rings is 1. The summed E-state index contributed by atoms with van der Waals surface area (Å²) in [5.41, 5.74) is 6.85. The van der Waals surface area contributed by atoms with E-state index in [0.717, 1.165) is 5.56 Å². The smallest absolute Gasteiger partial charge is 0.255 e. The molecule has 0 aromatic carbocycles. The number of nitrogens with two attached hydrogens (primary N) is 1. The summed E-state index contributed by atoms with van der Waals surface area (Å²) in [6, 6.07) is 3.65. The van der Waals surface area contributed by atoms with Gasteiger partial charge in [0.2, 0.25) is 0 Å². The minimum Gasteiger partial charge on any atom is -0.440 e. The second-order valence-electron chi connectivity index (χ2n) is 3.08. The number of hydrogen-bond acceptors (Lipinski definition) is 6. The average molecular weight is 250 g/mol. The van der Waals surface area contributed by atoms with Crippen LogP contribution in [0.4, 0.5) is 0 Å². The fourth-order valence-electron chi connectivity index (χ4n) is 1.25. The molecule has 0 bridgehead atoms. The molecule has 0 saturated carbocycles. The summed E-state index contributed by atoms with van der Waals surface area (Å²) < 4.78 is 5.10. The van der Waals surface area contributed by atoms with Crippen LogP contribution in [0.2, 0.25) is 0 Å². The van der Waals surface area contributed by atoms with Crippen molar-refractivity contribution in [3.63, 3.8) is 0 Å². The van der Waals surface area contributed by atoms with E-state index in [1.807, 2.05) is 6.07 Å². The lowest BCUT2D eigenvalue weighted by Crippen LogP contribution is -2.17. The number of rotatable bonds is 4. The van der Waals surface area contributed by atoms with E-state index in [9.17, 15) is 0 Å². The molecule has 0 aliphatic heterocycles. The molecule has 0 saturated heterocycles. The van der Waals surface area contributed by atoms with Gasteiger partial charge in [0.1, 0.15) is 12.0 Å². The van der Waals surface area contributed by atoms with Crippen molar-refractivity contribution in [2.24, 2.45) is 10.9 Å². The summed E-state index contributed by atoms with van der Waals surface area (Å²) in [6.45, 7) is 0. The second kappa shape index (κ2) is 5.35. The molecule has 0 spiro atoms. The third-order valence-electron chi connectivity index (χ3n) is 2.00. The van der Waals surface area contributed by atoms with Crippen LogP contribution in [0.25, 0.3) is 0 Å². The van der Waals surface area contributed by atoms with E-state index in [0.29, 0.717) is 16.7 Å². The highest BCUT2D eigenvalue weighted by molar-refractivity contribution is 7.98. The van der Waals surface area contributed by atoms with Crippen molar-refractivity contribution in [3.8, 4) is 0 Å². The number of oxazole rings is 1. The first kappa shape index (κ1) is 11.5. The van der Waals surface area contributed by atoms with Gasteiger partial charge in [-0.1, -0.05) is 23.0 Å². The Morgan fingerprint density at radius 1 is 1.47 bits per heavy atom. The molecule has 0 aliphatic rings. The average Bonchev–Trinajstić information content (AvgIpc) is 2.89. The molecule has 17 heavy (non-hydrogen) atoms. The molecule has 6 nitrogen and oxygen atoms in total. The Morgan fingerprint density at radius 2 is 2.35 bits per heavy atom. The molecule has 3 N–H and O–H groups in total. The first-order valence-corrected chi connectivity index (χ1v) is 5.74. The van der Waals surface area contributed by atoms with Gasteiger partial charge in [0.25, 0.3) is 5.22 Å². The first-order chi connectivity index (χ1) is 8.31. The third kappa shape index (κ3) is 2.76. The van der Waals surface area contributed by atoms with E-state index in [-0.39, 0.29) is 5.84 Å². The number of thioether (sulfide) groups is 1. The lowest BCUT2D eigenvalue weighted by atomic mass is 10.2. The predicted octanol–water partition coefficient (Wildman–Crippen LogP) is 1.46. The van der Waals surface area contributed by atoms with E-state index in [2.05, 4.69) is 15.1 Å². The molecule has 0 unspecified atom stereocenters. The molecule has 2 heterocycles. The topological polar surface area (TPSA) is 97.5 Å². The minimum atomic E-state index is -0.00592. The summed E-state index contributed by atoms with van der Waals surface area (Å²) >= 11 is 1.41. The summed E-state index contributed by atoms with van der Waals surface area (Å²) in [6.07, 6.45) is 4.68. The maximum Gasteiger partial charge on any atom is 0.255 e. The van der Waals surface area contributed by atoms with Crippen molar-refractivity contribution in [1.82, 2.24) is 9.97 Å². The number of nitrogens with zero attached hydrogens (tertiary/aromatic N) is 3. The van der Waals surface area contributed by atoms with Crippen molar-refractivity contribution in [3.05, 3.63) is 42.0 Å². The standard InChI is InChI=1S/C10H10N4O2S/c11-9(14-15)8-7(2-1-3-12-8)6-17-10-13-4-5-16-10/h1-5,15H,6H2,(H2,11,14). The van der Waals surface area contributed by atoms with Crippen LogP contribution < -0.4 is 5.73 Å². The zero-order valence-corrected chi connectivity index (χ0v) is 9.59. The number of hydrogen-bond donors (Lipinski definition) is 2. The van der Waals surface area contributed by atoms with Crippen molar-refractivity contribution < 1.29 is 9.62 Å². The van der Waals surface area contributed by atoms with Crippen LogP contribution in [0.3, 0.4) is 0 Å². The summed E-state index contributed by atoms with van der Waals surface area (Å²) in [5.74, 6) is 0.577. The van der Waals surface area contributed by atoms with Crippen LogP contribution in [0.15, 0.2) is 45.6 Å². The zero-order chi connectivity index (χ0) is 12.1. The molecule has 0 aliphatic carbocycles. The lowest BCUT2D eigenvalue weighted by molar-refractivity contribution is 0.318. The van der Waals surface area contributed by atoms with Crippen molar-refractivity contribution in [2.75, 3.05) is 0 Å². The highest BCUT2D eigenvalue weighted by Gasteiger charge is 2.09. The predicted molar refractivity (Wildman–Crippen MR) is 62.8 cm³/mol. The van der Waals surface area contributed by atoms with E-state index >= 15 is 0 Å². The third-order valence-corrected chi connectivity index (χ3v) is 2.91. The number of oxime groups is 1. The Morgan fingerprint density at radius 3 is 3.06 bits per heavy atom. The van der Waals surface area contributed by atoms with Crippen molar-refractivity contribution in [1.29, 1.82) is 0 Å². The molecule has 2 aromatic heterocycles. The Bertz CT molecular complexity index is 513. The van der Waals surface area contributed by atoms with Gasteiger partial charge in [-0.05, 0) is 11.6 Å². The summed E-state index contributed by atoms with van der Waals surface area (Å²) in [7, 11) is 0. The fraction of sp³-hybridized carbons (Fsp3) is 0.100. The molecule has 88 valence electrons. The fourth-order valence-corrected chi connectivity index (χ4v) is 2.03. The number of amidine groups is 1. The molecule has 0 fully saturated rings. The zero-order valence-electron chi connectivity index (χ0n) is 8.78. The van der Waals surface area contributed by atoms with Gasteiger partial charge < -0.3 is 15.4 Å². The van der Waals surface area contributed by atoms with Gasteiger partial charge in [-0.2, -0.15) is 0 Å². The van der Waals surface area contributed by atoms with Gasteiger partial charge in [0.05, 0.1) is 6.20 Å². The van der Waals surface area contributed by atoms with Crippen LogP contribution in [-0.4, -0.2) is 21.0 Å². The Kier molecular flexibility index (Phi) is 3.61. The molecular formula is C10H10N4O2S. The second-order valence-corrected chi connectivity index (χ2v) is 4.01. The number of aromatic nitrogens is 2. The van der Waals surface area contributed by atoms with E-state index in [1.54, 1.807) is 18.5 Å². The van der Waals surface area contributed by atoms with Crippen LogP contribution in [0.5, 0.6) is 0 Å². The molecule has 0 atom stereocenters. The van der Waals surface area contributed by atoms with Gasteiger partial charge in [-0.15, -0.1) is 0 Å². The monoisotopic (exact) mass is 250 g/mol. The van der Waals surface area contributed by atoms with Gasteiger partial charge in [-0.3, -0.25) is 4.98 Å². The van der Waals surface area contributed by atoms with Gasteiger partial charge in [0, 0.05) is 11.9 Å². The molecule has 0 amide bonds. The van der Waals surface area contributed by atoms with E-state index < -0.39 is 0 Å². The van der Waals surface area contributed by atoms with Crippen LogP contribution >= 0.6 is 11.8 Å². The van der Waals surface area contributed by atoms with Crippen molar-refractivity contribution >= 4 is 17.6 Å². The SMILES string of the molecule is N/C(=N/O)c1ncccc1CSc1ncco1. The van der Waals surface area contributed by atoms with Gasteiger partial charge >= 0.3 is 0 Å². The maximum absolute atomic E-state index is 8.65. The molecule has 0 radical (unpaired) electrons. The molecular weight excluding hydrogens is 240 g/mol. The first-order valence-electron chi connectivity index (χ1n) is 4.75.